The van der Waals surface area contributed by atoms with Gasteiger partial charge in [-0.25, -0.2) is 19.2 Å². The molecule has 0 bridgehead atoms. The lowest BCUT2D eigenvalue weighted by atomic mass is 10.2. The molecule has 0 aliphatic heterocycles. The minimum atomic E-state index is -1.05. The van der Waals surface area contributed by atoms with Crippen molar-refractivity contribution in [1.29, 1.82) is 0 Å². The molecule has 6 aromatic rings. The van der Waals surface area contributed by atoms with Crippen LogP contribution in [0.3, 0.4) is 0 Å². The van der Waals surface area contributed by atoms with E-state index in [1.54, 1.807) is 60.7 Å². The number of hydrogen-bond donors (Lipinski definition) is 4. The molecule has 0 aliphatic rings. The summed E-state index contributed by atoms with van der Waals surface area (Å²) in [5, 5.41) is 42.6. The highest BCUT2D eigenvalue weighted by molar-refractivity contribution is 7.80. The fraction of sp³-hybridized carbons (Fsp3) is 0. The zero-order valence-corrected chi connectivity index (χ0v) is 28.1. The third kappa shape index (κ3) is 8.74. The molecule has 8 nitrogen and oxygen atoms in total. The van der Waals surface area contributed by atoms with E-state index in [0.717, 1.165) is 31.8 Å². The van der Waals surface area contributed by atoms with E-state index in [4.69, 9.17) is 10.2 Å². The average molecular weight is 701 g/mol. The predicted molar refractivity (Wildman–Crippen MR) is 198 cm³/mol. The van der Waals surface area contributed by atoms with Gasteiger partial charge in [-0.05, 0) is 96.2 Å². The minimum Gasteiger partial charge on any atom is -0.478 e. The Kier molecular flexibility index (Phi) is 11.6. The Morgan fingerprint density at radius 1 is 0.300 bits per heavy atom. The molecule has 0 fully saturated rings. The zero-order chi connectivity index (χ0) is 35.6. The van der Waals surface area contributed by atoms with Gasteiger partial charge in [0.2, 0.25) is 0 Å². The number of rotatable bonds is 10. The lowest BCUT2D eigenvalue weighted by molar-refractivity contribution is 0.0686. The molecule has 6 aromatic carbocycles. The Balaban J connectivity index is 0.000000194. The molecular formula is C40H30O8P2. The maximum atomic E-state index is 11.3. The van der Waals surface area contributed by atoms with Gasteiger partial charge in [0.05, 0.1) is 22.3 Å². The summed E-state index contributed by atoms with van der Waals surface area (Å²) >= 11 is 0. The maximum Gasteiger partial charge on any atom is 0.335 e. The predicted octanol–water partition coefficient (Wildman–Crippen LogP) is 5.68. The molecule has 0 unspecified atom stereocenters. The van der Waals surface area contributed by atoms with Gasteiger partial charge < -0.3 is 20.4 Å². The highest BCUT2D eigenvalue weighted by Gasteiger charge is 2.20. The van der Waals surface area contributed by atoms with Gasteiger partial charge in [0.15, 0.2) is 0 Å². The standard InChI is InChI=1S/2C20H15O4P/c21-19(22)14-6-4-10-17(12-14)25(16-8-2-1-3-9-16)18-11-5-7-15(13-18)20(23)24;21-19(22)14-6-10-17(11-7-14)25(16-4-2-1-3-5-16)18-12-8-15(9-13-18)20(23)24/h2*1-13H,(H,21,22)(H,23,24). The van der Waals surface area contributed by atoms with Crippen LogP contribution >= 0.6 is 15.8 Å². The van der Waals surface area contributed by atoms with Crippen LogP contribution in [-0.4, -0.2) is 44.3 Å². The van der Waals surface area contributed by atoms with Crippen molar-refractivity contribution in [2.24, 2.45) is 0 Å². The summed E-state index contributed by atoms with van der Waals surface area (Å²) in [4.78, 5) is 44.8. The first-order valence-electron chi connectivity index (χ1n) is 15.2. The highest BCUT2D eigenvalue weighted by Crippen LogP contribution is 2.34. The van der Waals surface area contributed by atoms with Gasteiger partial charge in [-0.3, -0.25) is 0 Å². The summed E-state index contributed by atoms with van der Waals surface area (Å²) in [6, 6.07) is 47.0. The number of aromatic carboxylic acids is 4. The molecule has 0 aliphatic carbocycles. The van der Waals surface area contributed by atoms with E-state index in [-0.39, 0.29) is 22.3 Å². The van der Waals surface area contributed by atoms with Gasteiger partial charge in [-0.1, -0.05) is 109 Å². The topological polar surface area (TPSA) is 149 Å². The fourth-order valence-corrected chi connectivity index (χ4v) is 9.74. The molecule has 0 radical (unpaired) electrons. The van der Waals surface area contributed by atoms with Crippen LogP contribution in [0, 0.1) is 0 Å². The van der Waals surface area contributed by atoms with E-state index >= 15 is 0 Å². The van der Waals surface area contributed by atoms with Crippen LogP contribution in [-0.2, 0) is 0 Å². The van der Waals surface area contributed by atoms with Gasteiger partial charge in [-0.15, -0.1) is 0 Å². The van der Waals surface area contributed by atoms with Crippen molar-refractivity contribution in [3.8, 4) is 0 Å². The van der Waals surface area contributed by atoms with E-state index < -0.39 is 39.7 Å². The molecular weight excluding hydrogens is 670 g/mol. The Bertz CT molecular complexity index is 2000. The Labute approximate surface area is 290 Å². The van der Waals surface area contributed by atoms with Crippen molar-refractivity contribution < 1.29 is 39.6 Å². The second-order valence-corrected chi connectivity index (χ2v) is 15.2. The third-order valence-corrected chi connectivity index (χ3v) is 12.3. The monoisotopic (exact) mass is 700 g/mol. The summed E-state index contributed by atoms with van der Waals surface area (Å²) in [5.74, 6) is -3.88. The van der Waals surface area contributed by atoms with Crippen LogP contribution in [0.2, 0.25) is 0 Å². The van der Waals surface area contributed by atoms with Crippen molar-refractivity contribution >= 4 is 71.5 Å². The zero-order valence-electron chi connectivity index (χ0n) is 26.3. The summed E-state index contributed by atoms with van der Waals surface area (Å²) < 4.78 is 0. The van der Waals surface area contributed by atoms with Crippen LogP contribution in [0.15, 0.2) is 158 Å². The van der Waals surface area contributed by atoms with Crippen molar-refractivity contribution in [3.63, 3.8) is 0 Å². The summed E-state index contributed by atoms with van der Waals surface area (Å²) in [6.45, 7) is 0. The van der Waals surface area contributed by atoms with Gasteiger partial charge in [0, 0.05) is 0 Å². The fourth-order valence-electron chi connectivity index (χ4n) is 5.11. The average Bonchev–Trinajstić information content (AvgIpc) is 3.14. The molecule has 0 atom stereocenters. The van der Waals surface area contributed by atoms with Gasteiger partial charge in [0.25, 0.3) is 0 Å². The first-order chi connectivity index (χ1) is 24.1. The second kappa shape index (κ2) is 16.4. The van der Waals surface area contributed by atoms with Gasteiger partial charge >= 0.3 is 23.9 Å². The largest absolute Gasteiger partial charge is 0.478 e. The van der Waals surface area contributed by atoms with Gasteiger partial charge in [-0.2, -0.15) is 0 Å². The quantitative estimate of drug-likeness (QED) is 0.133. The molecule has 6 rings (SSSR count). The van der Waals surface area contributed by atoms with Crippen molar-refractivity contribution in [2.75, 3.05) is 0 Å². The number of carboxylic acids is 4. The normalized spacial score (nSPS) is 10.6. The van der Waals surface area contributed by atoms with Crippen LogP contribution in [0.25, 0.3) is 0 Å². The van der Waals surface area contributed by atoms with Crippen molar-refractivity contribution in [3.05, 3.63) is 180 Å². The van der Waals surface area contributed by atoms with E-state index in [2.05, 4.69) is 0 Å². The molecule has 0 spiro atoms. The highest BCUT2D eigenvalue weighted by atomic mass is 31.1. The maximum absolute atomic E-state index is 11.3. The molecule has 0 amide bonds. The third-order valence-electron chi connectivity index (χ3n) is 7.48. The Hall–Kier alpha value is -5.94. The first kappa shape index (κ1) is 35.4. The molecule has 0 heterocycles. The smallest absolute Gasteiger partial charge is 0.335 e. The van der Waals surface area contributed by atoms with Gasteiger partial charge in [0.1, 0.15) is 0 Å². The molecule has 0 aromatic heterocycles. The number of hydrogen-bond acceptors (Lipinski definition) is 4. The molecule has 0 saturated heterocycles. The van der Waals surface area contributed by atoms with Crippen LogP contribution in [0.1, 0.15) is 41.4 Å². The minimum absolute atomic E-state index is 0.218. The lowest BCUT2D eigenvalue weighted by Gasteiger charge is -2.20. The second-order valence-electron chi connectivity index (χ2n) is 10.8. The van der Waals surface area contributed by atoms with E-state index in [1.165, 1.54) is 0 Å². The van der Waals surface area contributed by atoms with E-state index in [9.17, 15) is 29.4 Å². The van der Waals surface area contributed by atoms with E-state index in [1.807, 2.05) is 97.1 Å². The van der Waals surface area contributed by atoms with Crippen LogP contribution in [0.4, 0.5) is 0 Å². The summed E-state index contributed by atoms with van der Waals surface area (Å²) in [7, 11) is -1.95. The lowest BCUT2D eigenvalue weighted by Crippen LogP contribution is -2.22. The van der Waals surface area contributed by atoms with Crippen LogP contribution < -0.4 is 31.8 Å². The summed E-state index contributed by atoms with van der Waals surface area (Å²) in [6.07, 6.45) is 0. The molecule has 0 saturated carbocycles. The molecule has 50 heavy (non-hydrogen) atoms. The number of benzene rings is 6. The molecule has 4 N–H and O–H groups in total. The van der Waals surface area contributed by atoms with E-state index in [0.29, 0.717) is 0 Å². The first-order valence-corrected chi connectivity index (χ1v) is 17.8. The van der Waals surface area contributed by atoms with Crippen LogP contribution in [0.5, 0.6) is 0 Å². The Morgan fingerprint density at radius 2 is 0.580 bits per heavy atom. The van der Waals surface area contributed by atoms with Crippen molar-refractivity contribution in [2.45, 2.75) is 0 Å². The molecule has 248 valence electrons. The summed E-state index contributed by atoms with van der Waals surface area (Å²) in [5.41, 5.74) is 0.923. The molecule has 10 heteroatoms. The number of carboxylic acid groups (broad SMARTS) is 4. The SMILES string of the molecule is O=C(O)c1ccc(P(c2ccccc2)c2ccc(C(=O)O)cc2)cc1.O=C(O)c1cccc(P(c2ccccc2)c2cccc(C(=O)O)c2)c1. The number of carbonyl (C=O) groups is 4. The Morgan fingerprint density at radius 3 is 0.900 bits per heavy atom. The van der Waals surface area contributed by atoms with Crippen molar-refractivity contribution in [1.82, 2.24) is 0 Å².